The Hall–Kier alpha value is -2.08. The maximum Gasteiger partial charge on any atom is 0.0239 e. The second kappa shape index (κ2) is 8.58. The van der Waals surface area contributed by atoms with Crippen LogP contribution in [0.2, 0.25) is 0 Å². The molecule has 0 aliphatic heterocycles. The van der Waals surface area contributed by atoms with Crippen molar-refractivity contribution < 1.29 is 0 Å². The van der Waals surface area contributed by atoms with Gasteiger partial charge in [-0.2, -0.15) is 0 Å². The smallest absolute Gasteiger partial charge is 0.0239 e. The molecule has 0 radical (unpaired) electrons. The van der Waals surface area contributed by atoms with E-state index in [0.29, 0.717) is 11.8 Å². The highest BCUT2D eigenvalue weighted by Gasteiger charge is 2.57. The van der Waals surface area contributed by atoms with Gasteiger partial charge in [-0.3, -0.25) is 0 Å². The summed E-state index contributed by atoms with van der Waals surface area (Å²) in [7, 11) is 0. The van der Waals surface area contributed by atoms with E-state index in [0.717, 1.165) is 17.8 Å². The zero-order chi connectivity index (χ0) is 20.4. The Morgan fingerprint density at radius 3 is 1.90 bits per heavy atom. The van der Waals surface area contributed by atoms with Crippen LogP contribution in [-0.2, 0) is 5.41 Å². The molecule has 3 aliphatic carbocycles. The van der Waals surface area contributed by atoms with Crippen molar-refractivity contribution in [3.8, 4) is 0 Å². The van der Waals surface area contributed by atoms with Crippen LogP contribution in [0.25, 0.3) is 0 Å². The molecule has 156 valence electrons. The Balaban J connectivity index is 1.73. The molecule has 2 aromatic carbocycles. The number of benzene rings is 2. The molecule has 30 heavy (non-hydrogen) atoms. The van der Waals surface area contributed by atoms with Gasteiger partial charge in [0.25, 0.3) is 0 Å². The van der Waals surface area contributed by atoms with E-state index in [4.69, 9.17) is 0 Å². The van der Waals surface area contributed by atoms with Crippen LogP contribution >= 0.6 is 0 Å². The molecule has 0 heterocycles. The lowest BCUT2D eigenvalue weighted by atomic mass is 9.56. The molecule has 5 atom stereocenters. The first-order valence-electron chi connectivity index (χ1n) is 12.3. The van der Waals surface area contributed by atoms with Crippen LogP contribution in [-0.4, -0.2) is 0 Å². The molecule has 0 aromatic heterocycles. The summed E-state index contributed by atoms with van der Waals surface area (Å²) in [5, 5.41) is 0. The van der Waals surface area contributed by atoms with Crippen molar-refractivity contribution in [2.24, 2.45) is 29.6 Å². The van der Waals surface area contributed by atoms with Gasteiger partial charge in [0.15, 0.2) is 0 Å². The standard InChI is InChI=1S/C30H36/c1-2-3-22-30(23-14-6-4-7-15-23,24-16-8-5-9-17-24)29-27-20-12-10-18-25(27)26-19-11-13-21-28(26)29/h4-10,12,14-18,20,25-29H,2-3,11,13,19,21-22H2,1H3. The molecule has 5 unspecified atom stereocenters. The fourth-order valence-electron chi connectivity index (χ4n) is 7.45. The van der Waals surface area contributed by atoms with E-state index in [2.05, 4.69) is 91.9 Å². The Labute approximate surface area is 183 Å². The summed E-state index contributed by atoms with van der Waals surface area (Å²) in [5.41, 5.74) is 3.19. The number of rotatable bonds is 6. The summed E-state index contributed by atoms with van der Waals surface area (Å²) < 4.78 is 0. The van der Waals surface area contributed by atoms with E-state index < -0.39 is 0 Å². The monoisotopic (exact) mass is 396 g/mol. The summed E-state index contributed by atoms with van der Waals surface area (Å²) in [5.74, 6) is 3.78. The average Bonchev–Trinajstić information content (AvgIpc) is 3.16. The highest BCUT2D eigenvalue weighted by Crippen LogP contribution is 2.62. The van der Waals surface area contributed by atoms with Gasteiger partial charge in [-0.25, -0.2) is 0 Å². The van der Waals surface area contributed by atoms with Gasteiger partial charge in [-0.1, -0.05) is 118 Å². The maximum absolute atomic E-state index is 2.58. The second-order valence-electron chi connectivity index (χ2n) is 9.87. The molecular weight excluding hydrogens is 360 g/mol. The summed E-state index contributed by atoms with van der Waals surface area (Å²) in [6.07, 6.45) is 19.3. The molecule has 2 fully saturated rings. The predicted molar refractivity (Wildman–Crippen MR) is 127 cm³/mol. The molecule has 0 saturated heterocycles. The summed E-state index contributed by atoms with van der Waals surface area (Å²) in [4.78, 5) is 0. The van der Waals surface area contributed by atoms with Gasteiger partial charge in [0.05, 0.1) is 0 Å². The van der Waals surface area contributed by atoms with Crippen LogP contribution in [0.1, 0.15) is 63.0 Å². The minimum absolute atomic E-state index is 0.105. The van der Waals surface area contributed by atoms with E-state index in [-0.39, 0.29) is 5.41 Å². The molecule has 3 aliphatic rings. The van der Waals surface area contributed by atoms with E-state index in [1.54, 1.807) is 11.1 Å². The van der Waals surface area contributed by atoms with Crippen molar-refractivity contribution in [1.29, 1.82) is 0 Å². The van der Waals surface area contributed by atoms with Gasteiger partial charge in [0.2, 0.25) is 0 Å². The van der Waals surface area contributed by atoms with Gasteiger partial charge in [0.1, 0.15) is 0 Å². The van der Waals surface area contributed by atoms with Crippen molar-refractivity contribution in [3.05, 3.63) is 96.1 Å². The average molecular weight is 397 g/mol. The van der Waals surface area contributed by atoms with Crippen molar-refractivity contribution in [3.63, 3.8) is 0 Å². The summed E-state index contributed by atoms with van der Waals surface area (Å²) in [6, 6.07) is 23.1. The van der Waals surface area contributed by atoms with Crippen LogP contribution in [0.15, 0.2) is 85.0 Å². The Bertz CT molecular complexity index is 835. The molecule has 0 amide bonds. The molecule has 0 heteroatoms. The lowest BCUT2D eigenvalue weighted by Crippen LogP contribution is -2.43. The number of hydrogen-bond donors (Lipinski definition) is 0. The molecule has 0 spiro atoms. The van der Waals surface area contributed by atoms with Crippen molar-refractivity contribution in [2.45, 2.75) is 57.3 Å². The normalized spacial score (nSPS) is 30.1. The molecule has 0 bridgehead atoms. The number of hydrogen-bond acceptors (Lipinski definition) is 0. The van der Waals surface area contributed by atoms with Crippen molar-refractivity contribution in [1.82, 2.24) is 0 Å². The SMILES string of the molecule is CCCCC(c1ccccc1)(c1ccccc1)C1C2C=CC=CC2C2CCCCC21. The van der Waals surface area contributed by atoms with Crippen LogP contribution in [0.3, 0.4) is 0 Å². The van der Waals surface area contributed by atoms with Crippen LogP contribution in [0.5, 0.6) is 0 Å². The fraction of sp³-hybridized carbons (Fsp3) is 0.467. The molecule has 2 aromatic rings. The Kier molecular flexibility index (Phi) is 5.68. The van der Waals surface area contributed by atoms with Gasteiger partial charge in [-0.15, -0.1) is 0 Å². The second-order valence-corrected chi connectivity index (χ2v) is 9.87. The molecule has 2 saturated carbocycles. The van der Waals surface area contributed by atoms with Gasteiger partial charge in [0, 0.05) is 5.41 Å². The summed E-state index contributed by atoms with van der Waals surface area (Å²) >= 11 is 0. The number of unbranched alkanes of at least 4 members (excludes halogenated alkanes) is 1. The zero-order valence-electron chi connectivity index (χ0n) is 18.4. The highest BCUT2D eigenvalue weighted by atomic mass is 14.6. The first kappa shape index (κ1) is 19.9. The van der Waals surface area contributed by atoms with Crippen molar-refractivity contribution >= 4 is 0 Å². The Morgan fingerprint density at radius 1 is 0.733 bits per heavy atom. The molecule has 5 rings (SSSR count). The quantitative estimate of drug-likeness (QED) is 0.464. The lowest BCUT2D eigenvalue weighted by Gasteiger charge is -2.47. The van der Waals surface area contributed by atoms with Gasteiger partial charge >= 0.3 is 0 Å². The maximum atomic E-state index is 2.58. The highest BCUT2D eigenvalue weighted by molar-refractivity contribution is 5.43. The van der Waals surface area contributed by atoms with Crippen molar-refractivity contribution in [2.75, 3.05) is 0 Å². The van der Waals surface area contributed by atoms with Crippen LogP contribution in [0, 0.1) is 29.6 Å². The Morgan fingerprint density at radius 2 is 1.30 bits per heavy atom. The van der Waals surface area contributed by atoms with E-state index >= 15 is 0 Å². The molecule has 0 N–H and O–H groups in total. The van der Waals surface area contributed by atoms with Gasteiger partial charge in [-0.05, 0) is 60.0 Å². The first-order valence-corrected chi connectivity index (χ1v) is 12.3. The number of fused-ring (bicyclic) bond motifs is 3. The topological polar surface area (TPSA) is 0 Å². The largest absolute Gasteiger partial charge is 0.0805 e. The van der Waals surface area contributed by atoms with Gasteiger partial charge < -0.3 is 0 Å². The third-order valence-electron chi connectivity index (χ3n) is 8.54. The van der Waals surface area contributed by atoms with Crippen LogP contribution < -0.4 is 0 Å². The minimum atomic E-state index is 0.105. The van der Waals surface area contributed by atoms with E-state index in [1.807, 2.05) is 0 Å². The molecule has 0 nitrogen and oxygen atoms in total. The third kappa shape index (κ3) is 3.20. The lowest BCUT2D eigenvalue weighted by molar-refractivity contribution is 0.150. The zero-order valence-corrected chi connectivity index (χ0v) is 18.4. The van der Waals surface area contributed by atoms with Crippen LogP contribution in [0.4, 0.5) is 0 Å². The van der Waals surface area contributed by atoms with E-state index in [9.17, 15) is 0 Å². The third-order valence-corrected chi connectivity index (χ3v) is 8.54. The minimum Gasteiger partial charge on any atom is -0.0805 e. The molecular formula is C30H36. The summed E-state index contributed by atoms with van der Waals surface area (Å²) in [6.45, 7) is 2.35. The number of allylic oxidation sites excluding steroid dienone is 4. The first-order chi connectivity index (χ1) is 14.9. The fourth-order valence-corrected chi connectivity index (χ4v) is 7.45. The predicted octanol–water partition coefficient (Wildman–Crippen LogP) is 7.96. The van der Waals surface area contributed by atoms with E-state index in [1.165, 1.54) is 44.9 Å².